The van der Waals surface area contributed by atoms with Gasteiger partial charge in [-0.25, -0.2) is 4.79 Å². The minimum absolute atomic E-state index is 0.206. The van der Waals surface area contributed by atoms with E-state index in [1.54, 1.807) is 0 Å². The van der Waals surface area contributed by atoms with E-state index in [2.05, 4.69) is 10.6 Å². The van der Waals surface area contributed by atoms with Crippen LogP contribution in [0.5, 0.6) is 0 Å². The van der Waals surface area contributed by atoms with Crippen LogP contribution in [0.25, 0.3) is 10.8 Å². The van der Waals surface area contributed by atoms with Gasteiger partial charge in [-0.3, -0.25) is 14.5 Å². The van der Waals surface area contributed by atoms with Crippen LogP contribution >= 0.6 is 0 Å². The van der Waals surface area contributed by atoms with Gasteiger partial charge in [0, 0.05) is 6.54 Å². The summed E-state index contributed by atoms with van der Waals surface area (Å²) < 4.78 is 0. The second-order valence-corrected chi connectivity index (χ2v) is 7.07. The normalized spacial score (nSPS) is 16.9. The van der Waals surface area contributed by atoms with Gasteiger partial charge in [-0.1, -0.05) is 50.2 Å². The number of nitrogens with zero attached hydrogens (tertiary/aromatic N) is 1. The highest BCUT2D eigenvalue weighted by Crippen LogP contribution is 2.25. The Hall–Kier alpha value is -2.93. The molecule has 0 aromatic heterocycles. The number of hydrogen-bond acceptors (Lipinski definition) is 4. The molecule has 0 aliphatic carbocycles. The summed E-state index contributed by atoms with van der Waals surface area (Å²) in [5, 5.41) is 7.72. The molecule has 0 radical (unpaired) electrons. The van der Waals surface area contributed by atoms with E-state index < -0.39 is 23.5 Å². The molecule has 148 valence electrons. The highest BCUT2D eigenvalue weighted by molar-refractivity contribution is 6.09. The third kappa shape index (κ3) is 3.57. The van der Waals surface area contributed by atoms with E-state index in [-0.39, 0.29) is 19.0 Å². The van der Waals surface area contributed by atoms with Crippen LogP contribution < -0.4 is 16.4 Å². The molecule has 1 unspecified atom stereocenters. The number of amides is 4. The molecule has 4 N–H and O–H groups in total. The third-order valence-corrected chi connectivity index (χ3v) is 5.50. The molecular formula is C21H26N4O3. The van der Waals surface area contributed by atoms with Crippen molar-refractivity contribution in [2.75, 3.05) is 13.1 Å². The van der Waals surface area contributed by atoms with Crippen LogP contribution in [0.2, 0.25) is 0 Å². The van der Waals surface area contributed by atoms with Crippen LogP contribution in [-0.4, -0.2) is 41.4 Å². The van der Waals surface area contributed by atoms with Crippen LogP contribution in [-0.2, 0) is 9.59 Å². The molecule has 1 saturated heterocycles. The predicted molar refractivity (Wildman–Crippen MR) is 107 cm³/mol. The molecule has 4 amide bonds. The van der Waals surface area contributed by atoms with Crippen molar-refractivity contribution < 1.29 is 14.4 Å². The molecule has 1 heterocycles. The van der Waals surface area contributed by atoms with Crippen molar-refractivity contribution in [3.05, 3.63) is 48.0 Å². The van der Waals surface area contributed by atoms with Gasteiger partial charge < -0.3 is 16.4 Å². The molecule has 0 spiro atoms. The predicted octanol–water partition coefficient (Wildman–Crippen LogP) is 2.07. The Morgan fingerprint density at radius 3 is 2.43 bits per heavy atom. The first-order valence-electron chi connectivity index (χ1n) is 9.56. The van der Waals surface area contributed by atoms with Crippen molar-refractivity contribution in [1.82, 2.24) is 15.5 Å². The summed E-state index contributed by atoms with van der Waals surface area (Å²) in [6, 6.07) is 12.9. The average Bonchev–Trinajstić information content (AvgIpc) is 2.96. The molecule has 0 saturated carbocycles. The number of nitrogens with two attached hydrogens (primary N) is 1. The van der Waals surface area contributed by atoms with Crippen LogP contribution in [0.1, 0.15) is 38.3 Å². The zero-order chi connectivity index (χ0) is 20.3. The molecule has 3 rings (SSSR count). The van der Waals surface area contributed by atoms with E-state index >= 15 is 0 Å². The van der Waals surface area contributed by atoms with Gasteiger partial charge in [0.2, 0.25) is 5.91 Å². The van der Waals surface area contributed by atoms with Crippen LogP contribution in [0, 0.1) is 0 Å². The summed E-state index contributed by atoms with van der Waals surface area (Å²) in [5.74, 6) is -0.775. The molecule has 28 heavy (non-hydrogen) atoms. The highest BCUT2D eigenvalue weighted by Gasteiger charge is 2.49. The van der Waals surface area contributed by atoms with Gasteiger partial charge in [0.1, 0.15) is 12.1 Å². The molecule has 7 nitrogen and oxygen atoms in total. The van der Waals surface area contributed by atoms with Crippen molar-refractivity contribution in [3.63, 3.8) is 0 Å². The van der Waals surface area contributed by atoms with E-state index in [1.165, 1.54) is 0 Å². The Morgan fingerprint density at radius 1 is 1.14 bits per heavy atom. The van der Waals surface area contributed by atoms with Crippen LogP contribution in [0.3, 0.4) is 0 Å². The average molecular weight is 382 g/mol. The maximum atomic E-state index is 12.6. The summed E-state index contributed by atoms with van der Waals surface area (Å²) in [6.45, 7) is 3.57. The van der Waals surface area contributed by atoms with E-state index in [0.717, 1.165) is 21.2 Å². The highest BCUT2D eigenvalue weighted by atomic mass is 16.2. The van der Waals surface area contributed by atoms with Crippen molar-refractivity contribution in [1.29, 1.82) is 0 Å². The summed E-state index contributed by atoms with van der Waals surface area (Å²) in [7, 11) is 0. The fourth-order valence-corrected chi connectivity index (χ4v) is 3.64. The lowest BCUT2D eigenvalue weighted by Gasteiger charge is -2.23. The number of benzene rings is 2. The van der Waals surface area contributed by atoms with E-state index in [1.807, 2.05) is 56.3 Å². The number of hydrogen-bond donors (Lipinski definition) is 3. The lowest BCUT2D eigenvalue weighted by Crippen LogP contribution is -2.47. The quantitative estimate of drug-likeness (QED) is 0.638. The summed E-state index contributed by atoms with van der Waals surface area (Å²) in [5.41, 5.74) is 5.84. The Balaban J connectivity index is 1.72. The Labute approximate surface area is 164 Å². The summed E-state index contributed by atoms with van der Waals surface area (Å²) in [6.07, 6.45) is 0.962. The fourth-order valence-electron chi connectivity index (χ4n) is 3.64. The number of urea groups is 1. The van der Waals surface area contributed by atoms with Crippen molar-refractivity contribution in [3.8, 4) is 0 Å². The van der Waals surface area contributed by atoms with Gasteiger partial charge in [0.05, 0.1) is 6.04 Å². The minimum atomic E-state index is -0.914. The van der Waals surface area contributed by atoms with Gasteiger partial charge in [-0.15, -0.1) is 0 Å². The number of carbonyl (C=O) groups excluding carboxylic acids is 3. The first-order valence-corrected chi connectivity index (χ1v) is 9.56. The smallest absolute Gasteiger partial charge is 0.325 e. The Morgan fingerprint density at radius 2 is 1.82 bits per heavy atom. The van der Waals surface area contributed by atoms with Gasteiger partial charge in [0.15, 0.2) is 0 Å². The molecule has 1 aliphatic rings. The van der Waals surface area contributed by atoms with E-state index in [0.29, 0.717) is 12.8 Å². The number of fused-ring (bicyclic) bond motifs is 1. The molecule has 2 aromatic rings. The number of nitrogens with one attached hydrogen (secondary N) is 2. The minimum Gasteiger partial charge on any atom is -0.346 e. The molecule has 7 heteroatoms. The van der Waals surface area contributed by atoms with Crippen LogP contribution in [0.15, 0.2) is 42.5 Å². The third-order valence-electron chi connectivity index (χ3n) is 5.50. The molecule has 1 atom stereocenters. The molecular weight excluding hydrogens is 356 g/mol. The van der Waals surface area contributed by atoms with E-state index in [4.69, 9.17) is 5.73 Å². The SMILES string of the molecule is CCC1(CC)NC(=O)N(CC(=O)NC(CN)c2ccc3ccccc3c2)C1=O. The second kappa shape index (κ2) is 7.98. The topological polar surface area (TPSA) is 105 Å². The molecule has 2 aromatic carbocycles. The monoisotopic (exact) mass is 382 g/mol. The van der Waals surface area contributed by atoms with Gasteiger partial charge in [-0.2, -0.15) is 0 Å². The Bertz CT molecular complexity index is 907. The van der Waals surface area contributed by atoms with Crippen molar-refractivity contribution >= 4 is 28.6 Å². The Kier molecular flexibility index (Phi) is 5.65. The molecule has 0 bridgehead atoms. The zero-order valence-electron chi connectivity index (χ0n) is 16.2. The van der Waals surface area contributed by atoms with Crippen LogP contribution in [0.4, 0.5) is 4.79 Å². The van der Waals surface area contributed by atoms with Gasteiger partial charge in [-0.05, 0) is 35.2 Å². The lowest BCUT2D eigenvalue weighted by atomic mass is 9.93. The second-order valence-electron chi connectivity index (χ2n) is 7.07. The molecule has 1 fully saturated rings. The number of imide groups is 1. The first kappa shape index (κ1) is 19.8. The van der Waals surface area contributed by atoms with Crippen molar-refractivity contribution in [2.24, 2.45) is 5.73 Å². The van der Waals surface area contributed by atoms with Gasteiger partial charge in [0.25, 0.3) is 5.91 Å². The van der Waals surface area contributed by atoms with Gasteiger partial charge >= 0.3 is 6.03 Å². The molecule has 1 aliphatic heterocycles. The largest absolute Gasteiger partial charge is 0.346 e. The fraction of sp³-hybridized carbons (Fsp3) is 0.381. The number of rotatable bonds is 7. The summed E-state index contributed by atoms with van der Waals surface area (Å²) in [4.78, 5) is 38.4. The lowest BCUT2D eigenvalue weighted by molar-refractivity contribution is -0.135. The standard InChI is InChI=1S/C21H26N4O3/c1-3-21(4-2)19(27)25(20(28)24-21)13-18(26)23-17(12-22)16-10-9-14-7-5-6-8-15(14)11-16/h5-11,17H,3-4,12-13,22H2,1-2H3,(H,23,26)(H,24,28). The maximum absolute atomic E-state index is 12.6. The zero-order valence-corrected chi connectivity index (χ0v) is 16.2. The first-order chi connectivity index (χ1) is 13.4. The van der Waals surface area contributed by atoms with Crippen molar-refractivity contribution in [2.45, 2.75) is 38.3 Å². The maximum Gasteiger partial charge on any atom is 0.325 e. The van der Waals surface area contributed by atoms with E-state index in [9.17, 15) is 14.4 Å². The summed E-state index contributed by atoms with van der Waals surface area (Å²) >= 11 is 0. The number of carbonyl (C=O) groups is 3.